The maximum atomic E-state index is 13.4. The molecule has 0 saturated carbocycles. The second-order valence-corrected chi connectivity index (χ2v) is 9.65. The molecule has 2 aliphatic rings. The van der Waals surface area contributed by atoms with Crippen LogP contribution in [-0.4, -0.2) is 47.6 Å². The number of fused-ring (bicyclic) bond motifs is 1. The van der Waals surface area contributed by atoms with Gasteiger partial charge in [-0.05, 0) is 35.3 Å². The van der Waals surface area contributed by atoms with E-state index >= 15 is 0 Å². The van der Waals surface area contributed by atoms with E-state index in [9.17, 15) is 4.79 Å². The molecule has 31 heavy (non-hydrogen) atoms. The van der Waals surface area contributed by atoms with Crippen LogP contribution in [0.4, 0.5) is 5.95 Å². The first-order chi connectivity index (χ1) is 14.8. The number of thioether (sulfide) groups is 1. The van der Waals surface area contributed by atoms with Crippen LogP contribution in [0, 0.1) is 5.41 Å². The number of hydrogen-bond acceptors (Lipinski definition) is 8. The van der Waals surface area contributed by atoms with Crippen molar-refractivity contribution in [3.63, 3.8) is 0 Å². The van der Waals surface area contributed by atoms with Crippen molar-refractivity contribution >= 4 is 23.5 Å². The van der Waals surface area contributed by atoms with Crippen molar-refractivity contribution in [3.05, 3.63) is 29.0 Å². The maximum absolute atomic E-state index is 13.4. The zero-order valence-electron chi connectivity index (χ0n) is 18.7. The molecule has 1 atom stereocenters. The first-order valence-electron chi connectivity index (χ1n) is 10.2. The van der Waals surface area contributed by atoms with Crippen LogP contribution in [0.5, 0.6) is 17.2 Å². The van der Waals surface area contributed by atoms with E-state index in [1.807, 2.05) is 12.1 Å². The summed E-state index contributed by atoms with van der Waals surface area (Å²) in [5, 5.41) is 8.79. The molecule has 9 heteroatoms. The number of ether oxygens (including phenoxy) is 3. The highest BCUT2D eigenvalue weighted by atomic mass is 32.2. The summed E-state index contributed by atoms with van der Waals surface area (Å²) in [4.78, 5) is 18.0. The number of anilines is 1. The Labute approximate surface area is 186 Å². The molecule has 1 unspecified atom stereocenters. The van der Waals surface area contributed by atoms with Crippen molar-refractivity contribution in [2.24, 2.45) is 5.41 Å². The Kier molecular flexibility index (Phi) is 5.63. The Morgan fingerprint density at radius 1 is 1.16 bits per heavy atom. The molecule has 4 rings (SSSR count). The molecule has 0 fully saturated rings. The summed E-state index contributed by atoms with van der Waals surface area (Å²) in [7, 11) is 4.74. The standard InChI is InChI=1S/C22H28N4O4S/c1-7-31-21-24-20-23-13-10-22(2,3)11-14(27)17(13)18(26(20)25-21)12-8-15(28-4)19(30-6)16(9-12)29-5/h8-9,18H,7,10-11H2,1-6H3,(H,23,24,25). The third-order valence-corrected chi connectivity index (χ3v) is 6.31. The zero-order chi connectivity index (χ0) is 22.3. The van der Waals surface area contributed by atoms with Crippen LogP contribution in [0.3, 0.4) is 0 Å². The summed E-state index contributed by atoms with van der Waals surface area (Å²) < 4.78 is 18.4. The fourth-order valence-electron chi connectivity index (χ4n) is 4.35. The largest absolute Gasteiger partial charge is 0.493 e. The highest BCUT2D eigenvalue weighted by Crippen LogP contribution is 2.48. The van der Waals surface area contributed by atoms with Crippen LogP contribution in [0.1, 0.15) is 45.2 Å². The highest BCUT2D eigenvalue weighted by Gasteiger charge is 2.42. The second kappa shape index (κ2) is 8.11. The topological polar surface area (TPSA) is 87.5 Å². The van der Waals surface area contributed by atoms with Gasteiger partial charge in [-0.15, -0.1) is 5.10 Å². The molecule has 1 aromatic carbocycles. The lowest BCUT2D eigenvalue weighted by Crippen LogP contribution is -2.36. The minimum Gasteiger partial charge on any atom is -0.493 e. The summed E-state index contributed by atoms with van der Waals surface area (Å²) >= 11 is 1.57. The number of nitrogens with zero attached hydrogens (tertiary/aromatic N) is 3. The Hall–Kier alpha value is -2.68. The molecule has 166 valence electrons. The van der Waals surface area contributed by atoms with Crippen LogP contribution < -0.4 is 19.5 Å². The van der Waals surface area contributed by atoms with Gasteiger partial charge in [0, 0.05) is 17.7 Å². The van der Waals surface area contributed by atoms with Gasteiger partial charge in [0.15, 0.2) is 17.3 Å². The van der Waals surface area contributed by atoms with Gasteiger partial charge in [-0.1, -0.05) is 32.5 Å². The number of nitrogens with one attached hydrogen (secondary N) is 1. The molecule has 1 aromatic heterocycles. The predicted molar refractivity (Wildman–Crippen MR) is 119 cm³/mol. The lowest BCUT2D eigenvalue weighted by atomic mass is 9.73. The SMILES string of the molecule is CCSc1nc2n(n1)C(c1cc(OC)c(OC)c(OC)c1)C1=C(CC(C)(C)CC1=O)N2. The van der Waals surface area contributed by atoms with Gasteiger partial charge in [0.25, 0.3) is 0 Å². The minimum atomic E-state index is -0.428. The Balaban J connectivity index is 1.94. The number of Topliss-reactive ketones (excluding diaryl/α,β-unsaturated/α-hetero) is 1. The molecule has 2 aromatic rings. The number of hydrogen-bond donors (Lipinski definition) is 1. The highest BCUT2D eigenvalue weighted by molar-refractivity contribution is 7.99. The lowest BCUT2D eigenvalue weighted by Gasteiger charge is -2.38. The van der Waals surface area contributed by atoms with Crippen molar-refractivity contribution in [2.75, 3.05) is 32.4 Å². The van der Waals surface area contributed by atoms with Crippen molar-refractivity contribution in [3.8, 4) is 17.2 Å². The molecule has 1 aliphatic heterocycles. The number of carbonyl (C=O) groups excluding carboxylic acids is 1. The molecule has 0 saturated heterocycles. The van der Waals surface area contributed by atoms with Gasteiger partial charge in [-0.2, -0.15) is 4.98 Å². The molecule has 0 spiro atoms. The Bertz CT molecular complexity index is 1030. The van der Waals surface area contributed by atoms with Crippen LogP contribution in [-0.2, 0) is 4.79 Å². The summed E-state index contributed by atoms with van der Waals surface area (Å²) in [6.45, 7) is 6.29. The zero-order valence-corrected chi connectivity index (χ0v) is 19.6. The first-order valence-corrected chi connectivity index (χ1v) is 11.2. The number of allylic oxidation sites excluding steroid dienone is 2. The van der Waals surface area contributed by atoms with Crippen molar-refractivity contribution in [1.82, 2.24) is 14.8 Å². The molecular formula is C22H28N4O4S. The quantitative estimate of drug-likeness (QED) is 0.667. The third-order valence-electron chi connectivity index (χ3n) is 5.59. The molecule has 0 amide bonds. The van der Waals surface area contributed by atoms with E-state index in [0.717, 1.165) is 29.0 Å². The Morgan fingerprint density at radius 2 is 1.84 bits per heavy atom. The summed E-state index contributed by atoms with van der Waals surface area (Å²) in [5.41, 5.74) is 2.34. The predicted octanol–water partition coefficient (Wildman–Crippen LogP) is 4.07. The van der Waals surface area contributed by atoms with E-state index in [4.69, 9.17) is 19.3 Å². The summed E-state index contributed by atoms with van der Waals surface area (Å²) in [6.07, 6.45) is 1.24. The van der Waals surface area contributed by atoms with Gasteiger partial charge in [0.05, 0.1) is 21.3 Å². The van der Waals surface area contributed by atoms with Crippen LogP contribution >= 0.6 is 11.8 Å². The van der Waals surface area contributed by atoms with E-state index in [1.165, 1.54) is 0 Å². The van der Waals surface area contributed by atoms with E-state index in [2.05, 4.69) is 31.1 Å². The van der Waals surface area contributed by atoms with Gasteiger partial charge in [-0.25, -0.2) is 4.68 Å². The van der Waals surface area contributed by atoms with Gasteiger partial charge >= 0.3 is 0 Å². The van der Waals surface area contributed by atoms with Crippen LogP contribution in [0.15, 0.2) is 28.6 Å². The van der Waals surface area contributed by atoms with Gasteiger partial charge in [0.1, 0.15) is 6.04 Å². The fourth-order valence-corrected chi connectivity index (χ4v) is 4.90. The third kappa shape index (κ3) is 3.75. The first kappa shape index (κ1) is 21.5. The normalized spacial score (nSPS) is 19.4. The van der Waals surface area contributed by atoms with Gasteiger partial charge in [0.2, 0.25) is 16.9 Å². The smallest absolute Gasteiger partial charge is 0.227 e. The average Bonchev–Trinajstić information content (AvgIpc) is 3.12. The average molecular weight is 445 g/mol. The number of ketones is 1. The molecule has 0 bridgehead atoms. The Morgan fingerprint density at radius 3 is 2.42 bits per heavy atom. The van der Waals surface area contributed by atoms with Gasteiger partial charge in [-0.3, -0.25) is 4.79 Å². The van der Waals surface area contributed by atoms with E-state index in [-0.39, 0.29) is 11.2 Å². The number of rotatable bonds is 6. The van der Waals surface area contributed by atoms with Crippen LogP contribution in [0.2, 0.25) is 0 Å². The van der Waals surface area contributed by atoms with Crippen molar-refractivity contribution in [1.29, 1.82) is 0 Å². The number of aromatic nitrogens is 3. The van der Waals surface area contributed by atoms with Crippen LogP contribution in [0.25, 0.3) is 0 Å². The maximum Gasteiger partial charge on any atom is 0.227 e. The van der Waals surface area contributed by atoms with Crippen molar-refractivity contribution in [2.45, 2.75) is 44.8 Å². The molecule has 1 aliphatic carbocycles. The molecular weight excluding hydrogens is 416 g/mol. The molecule has 1 N–H and O–H groups in total. The monoisotopic (exact) mass is 444 g/mol. The lowest BCUT2D eigenvalue weighted by molar-refractivity contribution is -0.118. The second-order valence-electron chi connectivity index (χ2n) is 8.41. The molecule has 0 radical (unpaired) electrons. The summed E-state index contributed by atoms with van der Waals surface area (Å²) in [6, 6.07) is 3.34. The van der Waals surface area contributed by atoms with Crippen molar-refractivity contribution < 1.29 is 19.0 Å². The number of benzene rings is 1. The van der Waals surface area contributed by atoms with E-state index < -0.39 is 6.04 Å². The van der Waals surface area contributed by atoms with E-state index in [1.54, 1.807) is 37.8 Å². The molecule has 8 nitrogen and oxygen atoms in total. The summed E-state index contributed by atoms with van der Waals surface area (Å²) in [5.74, 6) is 3.19. The van der Waals surface area contributed by atoms with Gasteiger partial charge < -0.3 is 19.5 Å². The number of methoxy groups -OCH3 is 3. The van der Waals surface area contributed by atoms with E-state index in [0.29, 0.717) is 34.8 Å². The fraction of sp³-hybridized carbons (Fsp3) is 0.500. The number of carbonyl (C=O) groups is 1. The minimum absolute atomic E-state index is 0.114. The molecule has 2 heterocycles.